The Kier molecular flexibility index (Phi) is 5.10. The number of hydrogen-bond acceptors (Lipinski definition) is 6. The molecule has 3 heterocycles. The van der Waals surface area contributed by atoms with Crippen molar-refractivity contribution in [2.45, 2.75) is 13.0 Å². The molecule has 8 heteroatoms. The summed E-state index contributed by atoms with van der Waals surface area (Å²) in [6, 6.07) is 13.5. The van der Waals surface area contributed by atoms with Crippen molar-refractivity contribution >= 4 is 17.3 Å². The lowest BCUT2D eigenvalue weighted by Gasteiger charge is -2.43. The first-order valence-corrected chi connectivity index (χ1v) is 10.3. The lowest BCUT2D eigenvalue weighted by molar-refractivity contribution is -0.0660. The number of benzene rings is 2. The van der Waals surface area contributed by atoms with Crippen molar-refractivity contribution in [2.75, 3.05) is 49.6 Å². The Balaban J connectivity index is 0.00000231. The lowest BCUT2D eigenvalue weighted by atomic mass is 10.1. The van der Waals surface area contributed by atoms with Crippen molar-refractivity contribution in [3.8, 4) is 5.69 Å². The molecular weight excluding hydrogens is 383 g/mol. The van der Waals surface area contributed by atoms with E-state index in [1.54, 1.807) is 18.2 Å². The number of aryl methyl sites for hydroxylation is 1. The molecule has 0 radical (unpaired) electrons. The van der Waals surface area contributed by atoms with Crippen molar-refractivity contribution < 1.29 is 10.6 Å². The van der Waals surface area contributed by atoms with Crippen molar-refractivity contribution in [3.63, 3.8) is 0 Å². The van der Waals surface area contributed by atoms with Crippen LogP contribution >= 0.6 is 0 Å². The third kappa shape index (κ3) is 3.88. The van der Waals surface area contributed by atoms with Gasteiger partial charge in [-0.1, -0.05) is 12.1 Å². The number of aromatic nitrogens is 3. The monoisotopic (exact) mass is 410 g/mol. The fraction of sp³-hybridized carbons (Fsp3) is 0.364. The minimum absolute atomic E-state index is 0. The zero-order valence-electron chi connectivity index (χ0n) is 17.0. The summed E-state index contributed by atoms with van der Waals surface area (Å²) in [5.74, 6) is 0.101. The Morgan fingerprint density at radius 1 is 1.10 bits per heavy atom. The molecule has 0 saturated carbocycles. The fourth-order valence-electron chi connectivity index (χ4n) is 4.00. The van der Waals surface area contributed by atoms with Crippen LogP contribution in [0.3, 0.4) is 0 Å². The predicted molar refractivity (Wildman–Crippen MR) is 116 cm³/mol. The van der Waals surface area contributed by atoms with Gasteiger partial charge < -0.3 is 15.0 Å². The van der Waals surface area contributed by atoms with E-state index in [-0.39, 0.29) is 7.24 Å². The molecule has 5 rings (SSSR count). The lowest BCUT2D eigenvalue weighted by Crippen LogP contribution is -2.56. The molecule has 0 unspecified atom stereocenters. The van der Waals surface area contributed by atoms with E-state index in [1.165, 1.54) is 28.3 Å². The normalized spacial score (nSPS) is 17.7. The Morgan fingerprint density at radius 2 is 1.90 bits per heavy atom. The predicted octanol–water partition coefficient (Wildman–Crippen LogP) is 3.23. The summed E-state index contributed by atoms with van der Waals surface area (Å²) in [6.07, 6.45) is 1.51. The minimum atomic E-state index is -0.334. The van der Waals surface area contributed by atoms with Gasteiger partial charge in [-0.05, 0) is 42.8 Å². The summed E-state index contributed by atoms with van der Waals surface area (Å²) in [6.45, 7) is 7.93. The third-order valence-electron chi connectivity index (χ3n) is 5.73. The van der Waals surface area contributed by atoms with Gasteiger partial charge in [-0.15, -0.1) is 5.10 Å². The third-order valence-corrected chi connectivity index (χ3v) is 5.73. The van der Waals surface area contributed by atoms with Gasteiger partial charge in [-0.25, -0.2) is 9.07 Å². The van der Waals surface area contributed by atoms with Crippen molar-refractivity contribution in [1.82, 2.24) is 19.7 Å². The molecule has 1 N–H and O–H groups in total. The second kappa shape index (κ2) is 8.04. The van der Waals surface area contributed by atoms with E-state index in [1.807, 2.05) is 0 Å². The van der Waals surface area contributed by atoms with Crippen molar-refractivity contribution in [3.05, 3.63) is 60.2 Å². The highest BCUT2D eigenvalue weighted by molar-refractivity contribution is 5.64. The topological polar surface area (TPSA) is 58.5 Å². The summed E-state index contributed by atoms with van der Waals surface area (Å²) in [5, 5.41) is 7.64. The van der Waals surface area contributed by atoms with Crippen LogP contribution in [0.15, 0.2) is 48.8 Å². The molecule has 2 aliphatic heterocycles. The Labute approximate surface area is 176 Å². The van der Waals surface area contributed by atoms with E-state index in [4.69, 9.17) is 4.74 Å². The molecule has 0 amide bonds. The average Bonchev–Trinajstić information content (AvgIpc) is 3.15. The van der Waals surface area contributed by atoms with E-state index < -0.39 is 0 Å². The second-order valence-corrected chi connectivity index (χ2v) is 7.86. The van der Waals surface area contributed by atoms with E-state index >= 15 is 0 Å². The highest BCUT2D eigenvalue weighted by Gasteiger charge is 2.29. The maximum Gasteiger partial charge on any atom is 0.246 e. The maximum atomic E-state index is 14.0. The van der Waals surface area contributed by atoms with Crippen LogP contribution in [0.4, 0.5) is 21.7 Å². The maximum absolute atomic E-state index is 14.0. The molecule has 1 aromatic heterocycles. The zero-order chi connectivity index (χ0) is 20.5. The van der Waals surface area contributed by atoms with Crippen LogP contribution in [-0.4, -0.2) is 65.1 Å². The molecule has 0 spiro atoms. The summed E-state index contributed by atoms with van der Waals surface area (Å²) in [7, 11) is 0. The number of halogens is 1. The molecule has 0 aliphatic carbocycles. The van der Waals surface area contributed by atoms with Crippen LogP contribution in [0.5, 0.6) is 0 Å². The molecule has 0 bridgehead atoms. The average molecular weight is 410 g/mol. The van der Waals surface area contributed by atoms with E-state index in [0.717, 1.165) is 45.1 Å². The number of ether oxygens (including phenoxy) is 1. The molecule has 2 saturated heterocycles. The molecule has 3 aromatic rings. The van der Waals surface area contributed by atoms with E-state index in [2.05, 4.69) is 50.3 Å². The Bertz CT molecular complexity index is 1030. The van der Waals surface area contributed by atoms with Crippen LogP contribution in [0, 0.1) is 12.7 Å². The Hall–Kier alpha value is -2.97. The van der Waals surface area contributed by atoms with Crippen LogP contribution in [-0.2, 0) is 4.74 Å². The van der Waals surface area contributed by atoms with E-state index in [0.29, 0.717) is 17.7 Å². The first-order chi connectivity index (χ1) is 14.7. The number of anilines is 3. The molecule has 7 nitrogen and oxygen atoms in total. The number of hydrogen-bond donors (Lipinski definition) is 1. The molecule has 2 aromatic carbocycles. The van der Waals surface area contributed by atoms with Gasteiger partial charge >= 0.3 is 0 Å². The molecular formula is C22H27FN6O. The minimum Gasteiger partial charge on any atom is -0.378 e. The number of nitrogens with zero attached hydrogens (tertiary/aromatic N) is 5. The molecule has 2 aliphatic rings. The highest BCUT2D eigenvalue weighted by atomic mass is 19.1. The molecule has 30 heavy (non-hydrogen) atoms. The van der Waals surface area contributed by atoms with Crippen LogP contribution in [0.2, 0.25) is 0 Å². The smallest absolute Gasteiger partial charge is 0.246 e. The van der Waals surface area contributed by atoms with Crippen LogP contribution in [0.1, 0.15) is 6.99 Å². The SMILES string of the molecule is Cc1cc(Nc2ncn(-c3ccccc3F)n2)cc(N2CCN(C3COC3)CC2)c1.[HH]. The summed E-state index contributed by atoms with van der Waals surface area (Å²) < 4.78 is 20.8. The van der Waals surface area contributed by atoms with Gasteiger partial charge in [0.05, 0.1) is 19.3 Å². The largest absolute Gasteiger partial charge is 0.378 e. The summed E-state index contributed by atoms with van der Waals surface area (Å²) in [4.78, 5) is 9.23. The standard InChI is InChI=1S/C22H25FN6O.H2/c1-16-10-17(25-22-24-15-29(26-22)21-5-3-2-4-20(21)23)12-18(11-16)27-6-8-28(9-7-27)19-13-30-14-19;/h2-5,10-12,15,19H,6-9,13-14H2,1H3,(H,25,26);1H. The van der Waals surface area contributed by atoms with Gasteiger partial charge in [0.2, 0.25) is 5.95 Å². The molecule has 0 atom stereocenters. The zero-order valence-corrected chi connectivity index (χ0v) is 17.0. The van der Waals surface area contributed by atoms with Gasteiger partial charge in [-0.2, -0.15) is 4.98 Å². The van der Waals surface area contributed by atoms with Gasteiger partial charge in [0.15, 0.2) is 0 Å². The van der Waals surface area contributed by atoms with Crippen LogP contribution < -0.4 is 10.2 Å². The van der Waals surface area contributed by atoms with Gasteiger partial charge in [0.1, 0.15) is 17.8 Å². The van der Waals surface area contributed by atoms with Crippen molar-refractivity contribution in [2.24, 2.45) is 0 Å². The summed E-state index contributed by atoms with van der Waals surface area (Å²) in [5.41, 5.74) is 3.65. The first kappa shape index (κ1) is 19.0. The van der Waals surface area contributed by atoms with Crippen molar-refractivity contribution in [1.29, 1.82) is 0 Å². The Morgan fingerprint density at radius 3 is 2.63 bits per heavy atom. The van der Waals surface area contributed by atoms with E-state index in [9.17, 15) is 4.39 Å². The number of para-hydroxylation sites is 1. The highest BCUT2D eigenvalue weighted by Crippen LogP contribution is 2.26. The quantitative estimate of drug-likeness (QED) is 0.697. The molecule has 2 fully saturated rings. The number of piperazine rings is 1. The summed E-state index contributed by atoms with van der Waals surface area (Å²) >= 11 is 0. The number of nitrogens with one attached hydrogen (secondary N) is 1. The second-order valence-electron chi connectivity index (χ2n) is 7.86. The molecule has 158 valence electrons. The van der Waals surface area contributed by atoms with Crippen LogP contribution in [0.25, 0.3) is 5.69 Å². The number of rotatable bonds is 5. The van der Waals surface area contributed by atoms with Gasteiger partial charge in [-0.3, -0.25) is 4.90 Å². The van der Waals surface area contributed by atoms with Gasteiger partial charge in [0.25, 0.3) is 0 Å². The fourth-order valence-corrected chi connectivity index (χ4v) is 4.00. The first-order valence-electron chi connectivity index (χ1n) is 10.3. The van der Waals surface area contributed by atoms with Gasteiger partial charge in [0, 0.05) is 39.0 Å².